The van der Waals surface area contributed by atoms with E-state index in [2.05, 4.69) is 53.4 Å². The highest BCUT2D eigenvalue weighted by molar-refractivity contribution is 8.01. The van der Waals surface area contributed by atoms with Crippen molar-refractivity contribution in [2.45, 2.75) is 104 Å². The highest BCUT2D eigenvalue weighted by atomic mass is 32.2. The molecule has 4 fully saturated rings. The van der Waals surface area contributed by atoms with Crippen molar-refractivity contribution in [3.63, 3.8) is 0 Å². The van der Waals surface area contributed by atoms with E-state index in [0.29, 0.717) is 40.0 Å². The first-order chi connectivity index (χ1) is 34.7. The van der Waals surface area contributed by atoms with Gasteiger partial charge in [-0.2, -0.15) is 4.99 Å². The molecule has 6 aliphatic heterocycles. The molecular weight excluding hydrogens is 1040 g/mol. The summed E-state index contributed by atoms with van der Waals surface area (Å²) in [4.78, 5) is 41.9. The van der Waals surface area contributed by atoms with Crippen molar-refractivity contribution in [1.82, 2.24) is 49.2 Å². The molecule has 1 unspecified atom stereocenters. The minimum atomic E-state index is -1.06. The van der Waals surface area contributed by atoms with Crippen LogP contribution in [0, 0.1) is 6.92 Å². The van der Waals surface area contributed by atoms with Gasteiger partial charge in [0.05, 0.1) is 96.4 Å². The van der Waals surface area contributed by atoms with Gasteiger partial charge < -0.3 is 98.6 Å². The number of aliphatic hydroxyl groups is 12. The van der Waals surface area contributed by atoms with Crippen LogP contribution < -0.4 is 28.1 Å². The maximum atomic E-state index is 11.8. The van der Waals surface area contributed by atoms with Crippen LogP contribution in [0.2, 0.25) is 0 Å². The number of nitrogen functional groups attached to an aromatic ring is 1. The predicted octanol–water partition coefficient (Wildman–Crippen LogP) is -5.31. The van der Waals surface area contributed by atoms with Crippen LogP contribution in [0.15, 0.2) is 76.8 Å². The number of H-pyrrole nitrogens is 1. The molecule has 0 radical (unpaired) electrons. The van der Waals surface area contributed by atoms with E-state index >= 15 is 0 Å². The van der Waals surface area contributed by atoms with Crippen molar-refractivity contribution < 1.29 is 61.3 Å². The number of aromatic amines is 1. The Hall–Kier alpha value is -4.59. The molecule has 73 heavy (non-hydrogen) atoms. The van der Waals surface area contributed by atoms with Crippen LogP contribution in [-0.4, -0.2) is 231 Å². The number of nitrogens with two attached hydrogens (primary N) is 3. The Bertz CT molecular complexity index is 2710. The van der Waals surface area contributed by atoms with Gasteiger partial charge in [0.25, 0.3) is 5.56 Å². The zero-order valence-corrected chi connectivity index (χ0v) is 42.0. The molecule has 0 aliphatic carbocycles. The van der Waals surface area contributed by atoms with Gasteiger partial charge in [-0.15, -0.1) is 47.0 Å². The highest BCUT2D eigenvalue weighted by Gasteiger charge is 2.48. The SMILES string of the molecule is C=C1N=C(N)N=CN1[C@@H]1S[C@H](CO)[C@@H](O)[C@@H]1O.C=C1NC(N)C=CN1[C@@H]1S[C@H](CO)[C@@H](O)[C@@H]1O.Cc1nc2c(ncn2[C@@H]2S[C@H](CO)[C@@H](O)[C@@H]2O)c(=O)[nH]1.Nc1ccnc2c1ncn2[C@@H]1S[C@H](CO)[C@@H](O)[C@@H]1O. The van der Waals surface area contributed by atoms with E-state index < -0.39 is 80.7 Å². The van der Waals surface area contributed by atoms with Crippen molar-refractivity contribution in [3.8, 4) is 0 Å². The number of aromatic nitrogens is 7. The van der Waals surface area contributed by atoms with Gasteiger partial charge in [0.2, 0.25) is 5.96 Å². The molecule has 0 saturated carbocycles. The molecule has 20 N–H and O–H groups in total. The van der Waals surface area contributed by atoms with Crippen molar-refractivity contribution in [3.05, 3.63) is 78.2 Å². The molecule has 0 amide bonds. The summed E-state index contributed by atoms with van der Waals surface area (Å²) < 4.78 is 3.24. The smallest absolute Gasteiger partial charge is 0.279 e. The van der Waals surface area contributed by atoms with Crippen LogP contribution in [0.5, 0.6) is 0 Å². The number of thioether (sulfide) groups is 4. The Morgan fingerprint density at radius 3 is 1.60 bits per heavy atom. The number of aliphatic imine (C=N–C) groups is 2. The lowest BCUT2D eigenvalue weighted by atomic mass is 10.1. The Morgan fingerprint density at radius 2 is 1.12 bits per heavy atom. The number of guanidine groups is 1. The summed E-state index contributed by atoms with van der Waals surface area (Å²) in [5.74, 6) is 1.46. The molecule has 0 spiro atoms. The largest absolute Gasteiger partial charge is 0.397 e. The summed E-state index contributed by atoms with van der Waals surface area (Å²) >= 11 is 5.10. The predicted molar refractivity (Wildman–Crippen MR) is 275 cm³/mol. The van der Waals surface area contributed by atoms with E-state index in [1.54, 1.807) is 51.8 Å². The van der Waals surface area contributed by atoms with Gasteiger partial charge in [0, 0.05) is 12.4 Å². The standard InChI is InChI=1S/C11H14N4O4S.C11H14N4O3S.C10H17N3O3S.C9H14N4O3S/c1-4-13-9-6(10(19)14-4)12-3-15(9)11-8(18)7(17)5(2-16)20-11;12-5-1-2-13-10-7(5)14-4-15(10)11-9(18)8(17)6(3-16)19-11;1-5-12-7(11)2-3-13(5)10-9(16)8(15)6(4-14)17-10;1-4-12-9(10)11-3-13(4)8-7(16)6(15)5(2-14)17-8/h3,5,7-8,11,16-18H,2H2,1H3,(H,13,14,19);1-2,4,6,8-9,11,16-18H,3H2,(H2,12,13);2-3,6-10,12,14-16H,1,4,11H2;3,5-8,14-16H,1-2H2,(H2,10,12)/t5-,7-,8+,11-;6-,8-,9+,11-;6-,7?,8-,9+,10-;5-,6-,7+,8-/m1111/s1. The molecule has 4 aromatic heterocycles. The molecule has 32 heteroatoms. The van der Waals surface area contributed by atoms with E-state index in [9.17, 15) is 55.9 Å². The number of nitrogens with one attached hydrogen (secondary N) is 2. The normalized spacial score (nSPS) is 34.8. The van der Waals surface area contributed by atoms with Crippen LogP contribution in [0.4, 0.5) is 5.69 Å². The second-order valence-corrected chi connectivity index (χ2v) is 22.5. The number of aryl methyl sites for hydroxylation is 1. The molecule has 0 aromatic carbocycles. The zero-order chi connectivity index (χ0) is 53.2. The summed E-state index contributed by atoms with van der Waals surface area (Å²) in [6, 6.07) is 1.66. The molecular formula is C41H59N15O13S4. The first-order valence-corrected chi connectivity index (χ1v) is 26.1. The molecule has 4 saturated heterocycles. The average molecular weight is 1100 g/mol. The number of hydrogen-bond donors (Lipinski definition) is 17. The highest BCUT2D eigenvalue weighted by Crippen LogP contribution is 2.44. The van der Waals surface area contributed by atoms with E-state index in [0.717, 1.165) is 0 Å². The second-order valence-electron chi connectivity index (χ2n) is 17.0. The number of aliphatic hydroxyl groups excluding tert-OH is 12. The molecule has 10 rings (SSSR count). The first kappa shape index (κ1) is 56.1. The monoisotopic (exact) mass is 1100 g/mol. The number of fused-ring (bicyclic) bond motifs is 2. The van der Waals surface area contributed by atoms with Crippen LogP contribution in [0.25, 0.3) is 22.3 Å². The maximum Gasteiger partial charge on any atom is 0.279 e. The van der Waals surface area contributed by atoms with E-state index in [1.807, 2.05) is 0 Å². The fourth-order valence-corrected chi connectivity index (χ4v) is 13.8. The van der Waals surface area contributed by atoms with Gasteiger partial charge in [-0.1, -0.05) is 13.2 Å². The van der Waals surface area contributed by atoms with E-state index in [4.69, 9.17) is 27.4 Å². The van der Waals surface area contributed by atoms with Crippen LogP contribution in [-0.2, 0) is 0 Å². The topological polar surface area (TPSA) is 458 Å². The number of rotatable bonds is 8. The number of imidazole rings is 2. The fraction of sp³-hybridized carbons (Fsp3) is 0.537. The lowest BCUT2D eigenvalue weighted by Crippen LogP contribution is -2.48. The summed E-state index contributed by atoms with van der Waals surface area (Å²) in [5.41, 5.74) is 18.7. The average Bonchev–Trinajstić information content (AvgIpc) is 4.21. The third-order valence-corrected chi connectivity index (χ3v) is 18.4. The molecule has 10 heterocycles. The second kappa shape index (κ2) is 24.0. The van der Waals surface area contributed by atoms with Crippen molar-refractivity contribution in [2.24, 2.45) is 21.5 Å². The zero-order valence-electron chi connectivity index (χ0n) is 38.7. The van der Waals surface area contributed by atoms with E-state index in [1.165, 1.54) is 64.6 Å². The molecule has 400 valence electrons. The Labute approximate surface area is 432 Å². The van der Waals surface area contributed by atoms with Crippen molar-refractivity contribution in [2.75, 3.05) is 32.2 Å². The number of pyridine rings is 1. The van der Waals surface area contributed by atoms with Crippen LogP contribution in [0.3, 0.4) is 0 Å². The summed E-state index contributed by atoms with van der Waals surface area (Å²) in [6.07, 6.45) is 1.21. The lowest BCUT2D eigenvalue weighted by molar-refractivity contribution is 0.00383. The minimum absolute atomic E-state index is 0.1000. The van der Waals surface area contributed by atoms with Gasteiger partial charge in [0.15, 0.2) is 16.8 Å². The van der Waals surface area contributed by atoms with Gasteiger partial charge in [0.1, 0.15) is 75.2 Å². The Kier molecular flexibility index (Phi) is 18.4. The fourth-order valence-electron chi connectivity index (χ4n) is 8.25. The summed E-state index contributed by atoms with van der Waals surface area (Å²) in [5, 5.41) is 115. The molecule has 4 aromatic rings. The van der Waals surface area contributed by atoms with Gasteiger partial charge in [-0.25, -0.2) is 24.9 Å². The molecule has 17 atom stereocenters. The molecule has 0 bridgehead atoms. The minimum Gasteiger partial charge on any atom is -0.397 e. The third-order valence-electron chi connectivity index (χ3n) is 12.2. The molecule has 28 nitrogen and oxygen atoms in total. The van der Waals surface area contributed by atoms with Crippen LogP contribution >= 0.6 is 47.0 Å². The van der Waals surface area contributed by atoms with Crippen molar-refractivity contribution in [1.29, 1.82) is 0 Å². The van der Waals surface area contributed by atoms with Gasteiger partial charge >= 0.3 is 0 Å². The first-order valence-electron chi connectivity index (χ1n) is 22.3. The summed E-state index contributed by atoms with van der Waals surface area (Å²) in [6.45, 7) is 8.36. The third kappa shape index (κ3) is 11.6. The number of nitrogens with zero attached hydrogens (tertiary/aromatic N) is 10. The van der Waals surface area contributed by atoms with Crippen molar-refractivity contribution >= 4 is 87.4 Å². The van der Waals surface area contributed by atoms with Gasteiger partial charge in [-0.3, -0.25) is 13.9 Å². The number of hydrogen-bond acceptors (Lipinski definition) is 29. The molecule has 6 aliphatic rings. The maximum absolute atomic E-state index is 11.8. The van der Waals surface area contributed by atoms with E-state index in [-0.39, 0.29) is 60.3 Å². The Morgan fingerprint density at radius 1 is 0.658 bits per heavy atom. The number of anilines is 1. The van der Waals surface area contributed by atoms with Gasteiger partial charge in [-0.05, 0) is 19.1 Å². The summed E-state index contributed by atoms with van der Waals surface area (Å²) in [7, 11) is 0. The lowest BCUT2D eigenvalue weighted by Gasteiger charge is -2.35. The van der Waals surface area contributed by atoms with Crippen LogP contribution in [0.1, 0.15) is 16.6 Å². The quantitative estimate of drug-likeness (QED) is 0.0783. The Balaban J connectivity index is 0.000000143.